The quantitative estimate of drug-likeness (QED) is 0.149. The van der Waals surface area contributed by atoms with Gasteiger partial charge in [-0.1, -0.05) is 0 Å². The molecule has 0 aromatic carbocycles. The highest BCUT2D eigenvalue weighted by Gasteiger charge is 2.38. The summed E-state index contributed by atoms with van der Waals surface area (Å²) in [5.41, 5.74) is 15.9. The lowest BCUT2D eigenvalue weighted by molar-refractivity contribution is -0.149. The molecule has 0 spiro atoms. The van der Waals surface area contributed by atoms with Crippen LogP contribution >= 0.6 is 11.8 Å². The van der Waals surface area contributed by atoms with Crippen molar-refractivity contribution in [3.63, 3.8) is 0 Å². The first kappa shape index (κ1) is 28.2. The second-order valence-corrected chi connectivity index (χ2v) is 8.70. The van der Waals surface area contributed by atoms with Crippen LogP contribution in [-0.2, 0) is 28.8 Å². The summed E-state index contributed by atoms with van der Waals surface area (Å²) < 4.78 is 0. The van der Waals surface area contributed by atoms with E-state index in [2.05, 4.69) is 10.6 Å². The number of nitrogens with one attached hydrogen (secondary N) is 2. The van der Waals surface area contributed by atoms with Crippen molar-refractivity contribution >= 4 is 47.3 Å². The first-order valence-corrected chi connectivity index (χ1v) is 11.8. The summed E-state index contributed by atoms with van der Waals surface area (Å²) in [5.74, 6) is -4.26. The highest BCUT2D eigenvalue weighted by Crippen LogP contribution is 2.19. The molecule has 9 N–H and O–H groups in total. The zero-order valence-corrected chi connectivity index (χ0v) is 19.3. The van der Waals surface area contributed by atoms with E-state index in [1.54, 1.807) is 6.26 Å². The summed E-state index contributed by atoms with van der Waals surface area (Å²) in [4.78, 5) is 73.2. The number of carboxylic acid groups (broad SMARTS) is 1. The smallest absolute Gasteiger partial charge is 0.326 e. The normalized spacial score (nSPS) is 18.1. The minimum atomic E-state index is -1.25. The van der Waals surface area contributed by atoms with Crippen LogP contribution in [0.5, 0.6) is 0 Å². The number of carbonyl (C=O) groups is 6. The molecule has 0 bridgehead atoms. The number of carbonyl (C=O) groups excluding carboxylic acids is 5. The SMILES string of the molecule is CSCC[C@H](NC(=O)[C@@H](N)CC(N)=O)C(=O)N[C@@H](CCC(N)=O)C(=O)N1CCC[C@H]1C(=O)O. The zero-order valence-electron chi connectivity index (χ0n) is 18.5. The Labute approximate surface area is 195 Å². The fourth-order valence-electron chi connectivity index (χ4n) is 3.40. The first-order valence-electron chi connectivity index (χ1n) is 10.4. The van der Waals surface area contributed by atoms with Crippen molar-refractivity contribution in [2.45, 2.75) is 62.7 Å². The van der Waals surface area contributed by atoms with E-state index in [0.29, 0.717) is 12.2 Å². The van der Waals surface area contributed by atoms with Gasteiger partial charge in [-0.3, -0.25) is 24.0 Å². The lowest BCUT2D eigenvalue weighted by atomic mass is 10.1. The molecular formula is C19H32N6O7S. The predicted molar refractivity (Wildman–Crippen MR) is 119 cm³/mol. The van der Waals surface area contributed by atoms with Crippen LogP contribution in [0.2, 0.25) is 0 Å². The van der Waals surface area contributed by atoms with Gasteiger partial charge in [0, 0.05) is 13.0 Å². The van der Waals surface area contributed by atoms with Crippen molar-refractivity contribution < 1.29 is 33.9 Å². The number of hydrogen-bond donors (Lipinski definition) is 6. The molecule has 186 valence electrons. The molecule has 1 saturated heterocycles. The lowest BCUT2D eigenvalue weighted by Gasteiger charge is -2.28. The van der Waals surface area contributed by atoms with Crippen LogP contribution in [0, 0.1) is 0 Å². The average molecular weight is 489 g/mol. The third kappa shape index (κ3) is 9.26. The van der Waals surface area contributed by atoms with Gasteiger partial charge in [0.05, 0.1) is 12.5 Å². The van der Waals surface area contributed by atoms with E-state index in [0.717, 1.165) is 4.90 Å². The van der Waals surface area contributed by atoms with Crippen molar-refractivity contribution in [3.8, 4) is 0 Å². The number of hydrogen-bond acceptors (Lipinski definition) is 8. The summed E-state index contributed by atoms with van der Waals surface area (Å²) in [6, 6.07) is -4.57. The van der Waals surface area contributed by atoms with Crippen LogP contribution in [0.15, 0.2) is 0 Å². The molecule has 0 unspecified atom stereocenters. The summed E-state index contributed by atoms with van der Waals surface area (Å²) >= 11 is 1.42. The second-order valence-electron chi connectivity index (χ2n) is 7.71. The minimum Gasteiger partial charge on any atom is -0.480 e. The van der Waals surface area contributed by atoms with Gasteiger partial charge < -0.3 is 37.8 Å². The van der Waals surface area contributed by atoms with Gasteiger partial charge >= 0.3 is 5.97 Å². The number of primary amides is 2. The van der Waals surface area contributed by atoms with Gasteiger partial charge in [0.15, 0.2) is 0 Å². The molecule has 0 aliphatic carbocycles. The Morgan fingerprint density at radius 2 is 1.67 bits per heavy atom. The standard InChI is InChI=1S/C19H32N6O7S/c1-33-8-6-11(23-16(28)10(20)9-15(22)27)17(29)24-12(4-5-14(21)26)18(30)25-7-2-3-13(25)19(31)32/h10-13H,2-9,20H2,1H3,(H2,21,26)(H2,22,27)(H,23,28)(H,24,29)(H,31,32)/t10-,11-,12-,13-/m0/s1. The van der Waals surface area contributed by atoms with E-state index >= 15 is 0 Å². The number of nitrogens with zero attached hydrogens (tertiary/aromatic N) is 1. The van der Waals surface area contributed by atoms with Crippen LogP contribution in [0.1, 0.15) is 38.5 Å². The molecule has 33 heavy (non-hydrogen) atoms. The molecule has 14 heteroatoms. The molecule has 0 aromatic rings. The van der Waals surface area contributed by atoms with E-state index in [1.165, 1.54) is 11.8 Å². The van der Waals surface area contributed by atoms with E-state index in [-0.39, 0.29) is 32.2 Å². The van der Waals surface area contributed by atoms with Crippen molar-refractivity contribution in [2.24, 2.45) is 17.2 Å². The van der Waals surface area contributed by atoms with Crippen LogP contribution in [0.3, 0.4) is 0 Å². The number of carboxylic acids is 1. The van der Waals surface area contributed by atoms with Crippen molar-refractivity contribution in [1.82, 2.24) is 15.5 Å². The summed E-state index contributed by atoms with van der Waals surface area (Å²) in [6.45, 7) is 0.202. The monoisotopic (exact) mass is 488 g/mol. The maximum Gasteiger partial charge on any atom is 0.326 e. The lowest BCUT2D eigenvalue weighted by Crippen LogP contribution is -2.57. The second kappa shape index (κ2) is 13.6. The Balaban J connectivity index is 3.00. The minimum absolute atomic E-state index is 0.132. The van der Waals surface area contributed by atoms with Crippen molar-refractivity contribution in [2.75, 3.05) is 18.6 Å². The van der Waals surface area contributed by atoms with Gasteiger partial charge in [0.25, 0.3) is 0 Å². The molecule has 1 rings (SSSR count). The number of aliphatic carboxylic acids is 1. The molecular weight excluding hydrogens is 456 g/mol. The molecule has 1 heterocycles. The highest BCUT2D eigenvalue weighted by molar-refractivity contribution is 7.98. The Kier molecular flexibility index (Phi) is 11.6. The largest absolute Gasteiger partial charge is 0.480 e. The van der Waals surface area contributed by atoms with Crippen molar-refractivity contribution in [1.29, 1.82) is 0 Å². The topological polar surface area (TPSA) is 228 Å². The fourth-order valence-corrected chi connectivity index (χ4v) is 3.87. The molecule has 1 fully saturated rings. The van der Waals surface area contributed by atoms with Gasteiger partial charge in [-0.05, 0) is 37.7 Å². The Morgan fingerprint density at radius 3 is 2.21 bits per heavy atom. The molecule has 0 radical (unpaired) electrons. The average Bonchev–Trinajstić information content (AvgIpc) is 3.22. The molecule has 0 aromatic heterocycles. The van der Waals surface area contributed by atoms with Crippen LogP contribution in [-0.4, -0.2) is 88.2 Å². The van der Waals surface area contributed by atoms with Gasteiger partial charge in [-0.2, -0.15) is 11.8 Å². The fraction of sp³-hybridized carbons (Fsp3) is 0.684. The predicted octanol–water partition coefficient (Wildman–Crippen LogP) is -2.75. The Hall–Kier alpha value is -2.87. The number of likely N-dealkylation sites (tertiary alicyclic amines) is 1. The van der Waals surface area contributed by atoms with Crippen LogP contribution in [0.4, 0.5) is 0 Å². The van der Waals surface area contributed by atoms with Gasteiger partial charge in [0.2, 0.25) is 29.5 Å². The summed E-state index contributed by atoms with van der Waals surface area (Å²) in [6.07, 6.45) is 2.01. The third-order valence-electron chi connectivity index (χ3n) is 5.12. The van der Waals surface area contributed by atoms with Crippen LogP contribution < -0.4 is 27.8 Å². The van der Waals surface area contributed by atoms with E-state index in [1.807, 2.05) is 0 Å². The summed E-state index contributed by atoms with van der Waals surface area (Å²) in [7, 11) is 0. The molecule has 1 aliphatic heterocycles. The number of amides is 5. The molecule has 4 atom stereocenters. The van der Waals surface area contributed by atoms with E-state index < -0.39 is 66.1 Å². The molecule has 1 aliphatic rings. The Bertz CT molecular complexity index is 765. The number of rotatable bonds is 14. The van der Waals surface area contributed by atoms with Gasteiger partial charge in [-0.15, -0.1) is 0 Å². The zero-order chi connectivity index (χ0) is 25.1. The van der Waals surface area contributed by atoms with Gasteiger partial charge in [-0.25, -0.2) is 4.79 Å². The van der Waals surface area contributed by atoms with Crippen LogP contribution in [0.25, 0.3) is 0 Å². The molecule has 5 amide bonds. The molecule has 13 nitrogen and oxygen atoms in total. The maximum absolute atomic E-state index is 13.0. The molecule has 0 saturated carbocycles. The van der Waals surface area contributed by atoms with Crippen molar-refractivity contribution in [3.05, 3.63) is 0 Å². The van der Waals surface area contributed by atoms with E-state index in [4.69, 9.17) is 17.2 Å². The number of nitrogens with two attached hydrogens (primary N) is 3. The Morgan fingerprint density at radius 1 is 1.03 bits per heavy atom. The summed E-state index contributed by atoms with van der Waals surface area (Å²) in [5, 5.41) is 14.3. The number of thioether (sulfide) groups is 1. The van der Waals surface area contributed by atoms with E-state index in [9.17, 15) is 33.9 Å². The maximum atomic E-state index is 13.0. The third-order valence-corrected chi connectivity index (χ3v) is 5.76. The highest BCUT2D eigenvalue weighted by atomic mass is 32.2. The first-order chi connectivity index (χ1) is 15.5. The van der Waals surface area contributed by atoms with Gasteiger partial charge in [0.1, 0.15) is 18.1 Å².